The molecule has 0 aromatic heterocycles. The lowest BCUT2D eigenvalue weighted by atomic mass is 9.88. The van der Waals surface area contributed by atoms with Crippen LogP contribution in [-0.4, -0.2) is 44.7 Å². The van der Waals surface area contributed by atoms with Gasteiger partial charge in [-0.25, -0.2) is 0 Å². The SMILES string of the molecule is CNC(=O)c1cc(C(=O)NC2C3COC[C@@H]32)cc2c1OC[C@H]2c1ccccc1C. The van der Waals surface area contributed by atoms with E-state index in [1.54, 1.807) is 13.1 Å². The Morgan fingerprint density at radius 1 is 1.00 bits per heavy atom. The van der Waals surface area contributed by atoms with E-state index in [0.717, 1.165) is 16.7 Å². The van der Waals surface area contributed by atoms with Crippen LogP contribution in [0.2, 0.25) is 0 Å². The second kappa shape index (κ2) is 6.88. The number of amides is 2. The van der Waals surface area contributed by atoms with Crippen molar-refractivity contribution in [2.45, 2.75) is 18.9 Å². The molecule has 0 spiro atoms. The van der Waals surface area contributed by atoms with E-state index in [-0.39, 0.29) is 23.8 Å². The summed E-state index contributed by atoms with van der Waals surface area (Å²) in [6.07, 6.45) is 0. The van der Waals surface area contributed by atoms with Gasteiger partial charge in [0.05, 0.1) is 25.4 Å². The van der Waals surface area contributed by atoms with Gasteiger partial charge in [-0.2, -0.15) is 0 Å². The average Bonchev–Trinajstić information content (AvgIpc) is 3.09. The predicted octanol–water partition coefficient (Wildman–Crippen LogP) is 2.25. The highest BCUT2D eigenvalue weighted by Gasteiger charge is 2.54. The molecule has 2 fully saturated rings. The minimum Gasteiger partial charge on any atom is -0.491 e. The van der Waals surface area contributed by atoms with Crippen molar-refractivity contribution in [1.82, 2.24) is 10.6 Å². The fourth-order valence-electron chi connectivity index (χ4n) is 4.69. The molecule has 29 heavy (non-hydrogen) atoms. The first kappa shape index (κ1) is 18.2. The smallest absolute Gasteiger partial charge is 0.254 e. The van der Waals surface area contributed by atoms with Crippen molar-refractivity contribution in [1.29, 1.82) is 0 Å². The monoisotopic (exact) mass is 392 g/mol. The highest BCUT2D eigenvalue weighted by atomic mass is 16.5. The second-order valence-corrected chi connectivity index (χ2v) is 8.11. The summed E-state index contributed by atoms with van der Waals surface area (Å²) in [5.41, 5.74) is 4.12. The number of hydrogen-bond acceptors (Lipinski definition) is 4. The molecule has 1 saturated carbocycles. The number of nitrogens with one attached hydrogen (secondary N) is 2. The minimum atomic E-state index is -0.252. The van der Waals surface area contributed by atoms with E-state index in [2.05, 4.69) is 29.7 Å². The fraction of sp³-hybridized carbons (Fsp3) is 0.391. The lowest BCUT2D eigenvalue weighted by molar-refractivity contribution is 0.0929. The summed E-state index contributed by atoms with van der Waals surface area (Å²) in [7, 11) is 1.58. The molecule has 1 saturated heterocycles. The van der Waals surface area contributed by atoms with E-state index in [1.807, 2.05) is 18.2 Å². The van der Waals surface area contributed by atoms with Gasteiger partial charge in [0.2, 0.25) is 0 Å². The lowest BCUT2D eigenvalue weighted by Gasteiger charge is -2.15. The second-order valence-electron chi connectivity index (χ2n) is 8.11. The lowest BCUT2D eigenvalue weighted by Crippen LogP contribution is -2.30. The van der Waals surface area contributed by atoms with Crippen molar-refractivity contribution < 1.29 is 19.1 Å². The quantitative estimate of drug-likeness (QED) is 0.837. The molecule has 4 atom stereocenters. The highest BCUT2D eigenvalue weighted by Crippen LogP contribution is 2.45. The van der Waals surface area contributed by atoms with Gasteiger partial charge in [-0.05, 0) is 30.2 Å². The molecule has 3 aliphatic rings. The summed E-state index contributed by atoms with van der Waals surface area (Å²) >= 11 is 0. The number of carbonyl (C=O) groups excluding carboxylic acids is 2. The number of aryl methyl sites for hydroxylation is 1. The topological polar surface area (TPSA) is 76.7 Å². The Kier molecular flexibility index (Phi) is 4.32. The average molecular weight is 392 g/mol. The number of fused-ring (bicyclic) bond motifs is 2. The summed E-state index contributed by atoms with van der Waals surface area (Å²) < 4.78 is 11.4. The van der Waals surface area contributed by atoms with Gasteiger partial charge in [0.15, 0.2) is 0 Å². The molecule has 0 radical (unpaired) electrons. The molecule has 150 valence electrons. The molecule has 2 heterocycles. The van der Waals surface area contributed by atoms with Crippen molar-refractivity contribution in [2.24, 2.45) is 11.8 Å². The summed E-state index contributed by atoms with van der Waals surface area (Å²) in [4.78, 5) is 25.5. The third kappa shape index (κ3) is 2.99. The molecule has 2 aromatic carbocycles. The van der Waals surface area contributed by atoms with E-state index in [1.165, 1.54) is 0 Å². The molecular formula is C23H24N2O4. The van der Waals surface area contributed by atoms with Crippen LogP contribution in [0, 0.1) is 18.8 Å². The van der Waals surface area contributed by atoms with Gasteiger partial charge in [-0.1, -0.05) is 24.3 Å². The third-order valence-electron chi connectivity index (χ3n) is 6.44. The van der Waals surface area contributed by atoms with E-state index < -0.39 is 0 Å². The van der Waals surface area contributed by atoms with Crippen molar-refractivity contribution in [2.75, 3.05) is 26.9 Å². The first-order chi connectivity index (χ1) is 14.1. The zero-order valence-corrected chi connectivity index (χ0v) is 16.5. The molecule has 5 rings (SSSR count). The Morgan fingerprint density at radius 2 is 1.76 bits per heavy atom. The first-order valence-corrected chi connectivity index (χ1v) is 10.1. The molecule has 6 heteroatoms. The maximum atomic E-state index is 13.0. The van der Waals surface area contributed by atoms with Gasteiger partial charge >= 0.3 is 0 Å². The van der Waals surface area contributed by atoms with E-state index in [9.17, 15) is 9.59 Å². The fourth-order valence-corrected chi connectivity index (χ4v) is 4.69. The largest absolute Gasteiger partial charge is 0.491 e. The van der Waals surface area contributed by atoms with Crippen LogP contribution in [-0.2, 0) is 4.74 Å². The summed E-state index contributed by atoms with van der Waals surface area (Å²) in [6.45, 7) is 3.95. The normalized spacial score (nSPS) is 26.3. The zero-order chi connectivity index (χ0) is 20.1. The Bertz CT molecular complexity index is 992. The summed E-state index contributed by atoms with van der Waals surface area (Å²) in [5.74, 6) is 1.03. The van der Waals surface area contributed by atoms with Gasteiger partial charge in [0.1, 0.15) is 5.75 Å². The van der Waals surface area contributed by atoms with Crippen LogP contribution in [0.1, 0.15) is 43.3 Å². The van der Waals surface area contributed by atoms with Crippen molar-refractivity contribution in [3.05, 3.63) is 64.2 Å². The van der Waals surface area contributed by atoms with Crippen molar-refractivity contribution in [3.8, 4) is 5.75 Å². The van der Waals surface area contributed by atoms with Crippen LogP contribution in [0.15, 0.2) is 36.4 Å². The van der Waals surface area contributed by atoms with Crippen LogP contribution < -0.4 is 15.4 Å². The number of benzene rings is 2. The van der Waals surface area contributed by atoms with Gasteiger partial charge in [-0.3, -0.25) is 9.59 Å². The van der Waals surface area contributed by atoms with Crippen LogP contribution in [0.3, 0.4) is 0 Å². The van der Waals surface area contributed by atoms with Crippen LogP contribution in [0.25, 0.3) is 0 Å². The number of carbonyl (C=O) groups is 2. The van der Waals surface area contributed by atoms with E-state index in [4.69, 9.17) is 9.47 Å². The van der Waals surface area contributed by atoms with Crippen LogP contribution >= 0.6 is 0 Å². The van der Waals surface area contributed by atoms with Crippen molar-refractivity contribution >= 4 is 11.8 Å². The number of ether oxygens (including phenoxy) is 2. The van der Waals surface area contributed by atoms with E-state index in [0.29, 0.717) is 48.5 Å². The Morgan fingerprint density at radius 3 is 2.48 bits per heavy atom. The Hall–Kier alpha value is -2.86. The molecule has 2 aliphatic heterocycles. The van der Waals surface area contributed by atoms with Crippen molar-refractivity contribution in [3.63, 3.8) is 0 Å². The maximum Gasteiger partial charge on any atom is 0.254 e. The molecule has 6 nitrogen and oxygen atoms in total. The summed E-state index contributed by atoms with van der Waals surface area (Å²) in [5, 5.41) is 5.78. The standard InChI is InChI=1S/C23H24N2O4/c1-12-5-3-4-6-14(12)17-11-29-21-15(17)7-13(8-16(21)23(27)24-2)22(26)25-20-18-9-28-10-19(18)20/h3-8,17-20H,9-11H2,1-2H3,(H,24,27)(H,25,26)/t17-,18-,19?,20?/m0/s1. The van der Waals surface area contributed by atoms with Gasteiger partial charge in [-0.15, -0.1) is 0 Å². The number of hydrogen-bond donors (Lipinski definition) is 2. The van der Waals surface area contributed by atoms with Crippen LogP contribution in [0.4, 0.5) is 0 Å². The maximum absolute atomic E-state index is 13.0. The van der Waals surface area contributed by atoms with Crippen LogP contribution in [0.5, 0.6) is 5.75 Å². The molecule has 2 N–H and O–H groups in total. The third-order valence-corrected chi connectivity index (χ3v) is 6.44. The molecule has 1 aliphatic carbocycles. The Balaban J connectivity index is 1.51. The zero-order valence-electron chi connectivity index (χ0n) is 16.5. The first-order valence-electron chi connectivity index (χ1n) is 10.1. The Labute approximate surface area is 169 Å². The highest BCUT2D eigenvalue weighted by molar-refractivity contribution is 6.02. The molecule has 2 amide bonds. The molecule has 2 aromatic rings. The van der Waals surface area contributed by atoms with Gasteiger partial charge in [0, 0.05) is 42.0 Å². The summed E-state index contributed by atoms with van der Waals surface area (Å²) in [6, 6.07) is 11.9. The van der Waals surface area contributed by atoms with E-state index >= 15 is 0 Å². The molecular weight excluding hydrogens is 368 g/mol. The van der Waals surface area contributed by atoms with Gasteiger partial charge in [0.25, 0.3) is 11.8 Å². The predicted molar refractivity (Wildman–Crippen MR) is 107 cm³/mol. The molecule has 2 unspecified atom stereocenters. The molecule has 0 bridgehead atoms. The van der Waals surface area contributed by atoms with Gasteiger partial charge < -0.3 is 20.1 Å². The number of rotatable bonds is 4. The minimum absolute atomic E-state index is 0.00365.